The molecule has 1 aliphatic rings. The van der Waals surface area contributed by atoms with Crippen LogP contribution in [0.5, 0.6) is 0 Å². The van der Waals surface area contributed by atoms with Crippen LogP contribution in [-0.4, -0.2) is 25.0 Å². The van der Waals surface area contributed by atoms with Crippen molar-refractivity contribution in [1.29, 1.82) is 0 Å². The van der Waals surface area contributed by atoms with E-state index in [1.165, 1.54) is 130 Å². The predicted molar refractivity (Wildman–Crippen MR) is 348 cm³/mol. The van der Waals surface area contributed by atoms with Crippen LogP contribution in [0.1, 0.15) is 76.0 Å². The summed E-state index contributed by atoms with van der Waals surface area (Å²) in [6.45, 7) is 14.3. The van der Waals surface area contributed by atoms with Crippen molar-refractivity contribution in [2.75, 3.05) is 0 Å². The Labute approximate surface area is 476 Å². The van der Waals surface area contributed by atoms with E-state index >= 15 is 0 Å². The zero-order chi connectivity index (χ0) is 54.4. The number of rotatable bonds is 8. The van der Waals surface area contributed by atoms with Crippen LogP contribution in [0.15, 0.2) is 240 Å². The SMILES string of the molecule is CC(C)c1cc(C(C)C)c(B2c3ccc(-n4c5ccccc5c5c4ccc4c6ccccc6n(-c6ccccc6)c45)cc3Sc3cc(-n4c5ccccc5c5c4ccc4c6ccccc6n(-c6ccccc6)c45)ccc32)c(C(C)C)c1. The average molecular weight is 1060 g/mol. The molecule has 0 N–H and O–H groups in total. The maximum Gasteiger partial charge on any atom is 0.244 e. The van der Waals surface area contributed by atoms with Crippen molar-refractivity contribution in [2.24, 2.45) is 0 Å². The third-order valence-electron chi connectivity index (χ3n) is 17.8. The maximum absolute atomic E-state index is 2.54. The highest BCUT2D eigenvalue weighted by Gasteiger charge is 2.37. The molecule has 15 aromatic rings. The van der Waals surface area contributed by atoms with Crippen molar-refractivity contribution in [1.82, 2.24) is 18.3 Å². The Bertz CT molecular complexity index is 4760. The average Bonchev–Trinajstić information content (AvgIpc) is 2.61. The van der Waals surface area contributed by atoms with Gasteiger partial charge in [0.15, 0.2) is 0 Å². The van der Waals surface area contributed by atoms with Crippen molar-refractivity contribution < 1.29 is 0 Å². The largest absolute Gasteiger partial charge is 0.309 e. The molecule has 1 aliphatic heterocycles. The molecule has 5 heterocycles. The number of para-hydroxylation sites is 6. The number of nitrogens with zero attached hydrogens (tertiary/aromatic N) is 4. The Balaban J connectivity index is 0.950. The summed E-state index contributed by atoms with van der Waals surface area (Å²) in [7, 11) is 0. The molecule has 0 saturated heterocycles. The fourth-order valence-corrected chi connectivity index (χ4v) is 15.4. The molecule has 0 spiro atoms. The number of fused-ring (bicyclic) bond motifs is 16. The summed E-state index contributed by atoms with van der Waals surface area (Å²) in [5, 5.41) is 10.1. The Hall–Kier alpha value is -8.97. The van der Waals surface area contributed by atoms with Crippen LogP contribution in [0, 0.1) is 0 Å². The lowest BCUT2D eigenvalue weighted by Crippen LogP contribution is -2.57. The standard InChI is InChI=1S/C75H59BN4S/c1-45(2)48-41-59(46(3)4)73(60(42-48)47(5)6)76-61-37-33-51(77-65-31-19-15-27-57(65)71-67(77)39-35-55-53-25-13-17-29-63(53)79(74(55)71)49-21-9-7-10-22-49)43-69(61)81-70-44-52(34-38-62(70)76)78-66-32-20-16-28-58(66)72-68(78)40-36-56-54-26-14-18-30-64(54)80(75(56)72)50-23-11-8-12-24-50/h7-47H,1-6H3. The van der Waals surface area contributed by atoms with Crippen LogP contribution in [0.2, 0.25) is 0 Å². The van der Waals surface area contributed by atoms with Gasteiger partial charge in [-0.15, -0.1) is 0 Å². The summed E-state index contributed by atoms with van der Waals surface area (Å²) in [6.07, 6.45) is 0. The summed E-state index contributed by atoms with van der Waals surface area (Å²) >= 11 is 1.94. The molecule has 6 heteroatoms. The fourth-order valence-electron chi connectivity index (χ4n) is 14.2. The molecule has 0 bridgehead atoms. The van der Waals surface area contributed by atoms with Crippen molar-refractivity contribution >= 4 is 122 Å². The summed E-state index contributed by atoms with van der Waals surface area (Å²) in [5.41, 5.74) is 22.9. The zero-order valence-electron chi connectivity index (χ0n) is 46.4. The highest BCUT2D eigenvalue weighted by Crippen LogP contribution is 2.45. The first-order valence-electron chi connectivity index (χ1n) is 28.9. The summed E-state index contributed by atoms with van der Waals surface area (Å²) in [4.78, 5) is 2.59. The van der Waals surface area contributed by atoms with E-state index in [1.54, 1.807) is 0 Å². The minimum atomic E-state index is 0.0223. The van der Waals surface area contributed by atoms with Gasteiger partial charge in [0.1, 0.15) is 0 Å². The number of hydrogen-bond donors (Lipinski definition) is 0. The van der Waals surface area contributed by atoms with E-state index in [1.807, 2.05) is 11.8 Å². The molecule has 0 unspecified atom stereocenters. The van der Waals surface area contributed by atoms with E-state index in [0.29, 0.717) is 17.8 Å². The van der Waals surface area contributed by atoms with Crippen LogP contribution in [-0.2, 0) is 0 Å². The molecule has 0 radical (unpaired) electrons. The molecule has 0 saturated carbocycles. The van der Waals surface area contributed by atoms with Gasteiger partial charge >= 0.3 is 0 Å². The molecular weight excluding hydrogens is 1000 g/mol. The second kappa shape index (κ2) is 18.3. The van der Waals surface area contributed by atoms with Gasteiger partial charge in [0.25, 0.3) is 0 Å². The van der Waals surface area contributed by atoms with Gasteiger partial charge < -0.3 is 18.3 Å². The first kappa shape index (κ1) is 48.0. The number of aromatic nitrogens is 4. The van der Waals surface area contributed by atoms with Gasteiger partial charge in [0, 0.05) is 75.6 Å². The minimum absolute atomic E-state index is 0.0223. The van der Waals surface area contributed by atoms with Crippen molar-refractivity contribution in [3.05, 3.63) is 247 Å². The lowest BCUT2D eigenvalue weighted by molar-refractivity contribution is 0.812. The van der Waals surface area contributed by atoms with Crippen LogP contribution >= 0.6 is 11.8 Å². The summed E-state index contributed by atoms with van der Waals surface area (Å²) in [6, 6.07) is 87.0. The van der Waals surface area contributed by atoms with E-state index < -0.39 is 0 Å². The Morgan fingerprint density at radius 3 is 1.10 bits per heavy atom. The van der Waals surface area contributed by atoms with Crippen LogP contribution in [0.25, 0.3) is 110 Å². The Kier molecular flexibility index (Phi) is 10.8. The number of benzene rings is 11. The van der Waals surface area contributed by atoms with Crippen molar-refractivity contribution in [2.45, 2.75) is 69.1 Å². The maximum atomic E-state index is 2.54. The molecule has 4 nitrogen and oxygen atoms in total. The van der Waals surface area contributed by atoms with E-state index in [4.69, 9.17) is 0 Å². The van der Waals surface area contributed by atoms with E-state index in [-0.39, 0.29) is 6.71 Å². The van der Waals surface area contributed by atoms with Gasteiger partial charge in [-0.25, -0.2) is 0 Å². The Morgan fingerprint density at radius 1 is 0.309 bits per heavy atom. The lowest BCUT2D eigenvalue weighted by atomic mass is 9.34. The van der Waals surface area contributed by atoms with Crippen molar-refractivity contribution in [3.63, 3.8) is 0 Å². The van der Waals surface area contributed by atoms with Gasteiger partial charge in [0.05, 0.1) is 44.1 Å². The minimum Gasteiger partial charge on any atom is -0.309 e. The topological polar surface area (TPSA) is 19.7 Å². The quantitative estimate of drug-likeness (QED) is 0.139. The molecule has 16 rings (SSSR count). The molecule has 4 aromatic heterocycles. The molecule has 0 amide bonds. The summed E-state index contributed by atoms with van der Waals surface area (Å²) < 4.78 is 10.0. The first-order valence-corrected chi connectivity index (χ1v) is 29.7. The van der Waals surface area contributed by atoms with Crippen LogP contribution < -0.4 is 16.4 Å². The third kappa shape index (κ3) is 7.06. The second-order valence-electron chi connectivity index (χ2n) is 23.3. The highest BCUT2D eigenvalue weighted by atomic mass is 32.2. The van der Waals surface area contributed by atoms with Gasteiger partial charge in [-0.1, -0.05) is 215 Å². The van der Waals surface area contributed by atoms with Crippen molar-refractivity contribution in [3.8, 4) is 22.7 Å². The van der Waals surface area contributed by atoms with Gasteiger partial charge in [-0.05, 0) is 119 Å². The summed E-state index contributed by atoms with van der Waals surface area (Å²) in [5.74, 6) is 1.08. The van der Waals surface area contributed by atoms with Gasteiger partial charge in [0.2, 0.25) is 6.71 Å². The monoisotopic (exact) mass is 1060 g/mol. The molecule has 81 heavy (non-hydrogen) atoms. The molecule has 11 aromatic carbocycles. The predicted octanol–water partition coefficient (Wildman–Crippen LogP) is 18.4. The van der Waals surface area contributed by atoms with Gasteiger partial charge in [-0.3, -0.25) is 0 Å². The second-order valence-corrected chi connectivity index (χ2v) is 24.4. The van der Waals surface area contributed by atoms with E-state index in [9.17, 15) is 0 Å². The molecular formula is C75H59BN4S. The van der Waals surface area contributed by atoms with Gasteiger partial charge in [-0.2, -0.15) is 0 Å². The van der Waals surface area contributed by atoms with Crippen LogP contribution in [0.3, 0.4) is 0 Å². The molecule has 0 aliphatic carbocycles. The highest BCUT2D eigenvalue weighted by molar-refractivity contribution is 8.00. The third-order valence-corrected chi connectivity index (χ3v) is 18.9. The van der Waals surface area contributed by atoms with E-state index in [0.717, 1.165) is 22.7 Å². The lowest BCUT2D eigenvalue weighted by Gasteiger charge is -2.32. The Morgan fingerprint density at radius 2 is 0.691 bits per heavy atom. The molecule has 0 atom stereocenters. The fraction of sp³-hybridized carbons (Fsp3) is 0.120. The smallest absolute Gasteiger partial charge is 0.244 e. The molecule has 0 fully saturated rings. The molecule has 388 valence electrons. The first-order chi connectivity index (χ1) is 39.7. The normalized spacial score (nSPS) is 12.8. The van der Waals surface area contributed by atoms with E-state index in [2.05, 4.69) is 290 Å². The van der Waals surface area contributed by atoms with Crippen LogP contribution in [0.4, 0.5) is 0 Å². The zero-order valence-corrected chi connectivity index (χ0v) is 47.3. The number of hydrogen-bond acceptors (Lipinski definition) is 1.